The Bertz CT molecular complexity index is 755. The molecule has 0 aliphatic carbocycles. The molecule has 3 aromatic rings. The zero-order valence-corrected chi connectivity index (χ0v) is 11.9. The van der Waals surface area contributed by atoms with Crippen LogP contribution in [0, 0.1) is 5.82 Å². The molecule has 0 saturated heterocycles. The van der Waals surface area contributed by atoms with Crippen molar-refractivity contribution in [2.75, 3.05) is 0 Å². The third kappa shape index (κ3) is 2.81. The van der Waals surface area contributed by atoms with Gasteiger partial charge in [-0.05, 0) is 41.0 Å². The molecule has 0 saturated carbocycles. The van der Waals surface area contributed by atoms with Crippen LogP contribution in [0.2, 0.25) is 0 Å². The lowest BCUT2D eigenvalue weighted by Crippen LogP contribution is -2.24. The fraction of sp³-hybridized carbons (Fsp3) is 0.158. The molecule has 0 aliphatic rings. The average molecular weight is 280 g/mol. The van der Waals surface area contributed by atoms with Gasteiger partial charge in [-0.2, -0.15) is 0 Å². The Kier molecular flexibility index (Phi) is 3.48. The summed E-state index contributed by atoms with van der Waals surface area (Å²) in [7, 11) is 0. The summed E-state index contributed by atoms with van der Waals surface area (Å²) in [6, 6.07) is 20.3. The lowest BCUT2D eigenvalue weighted by molar-refractivity contribution is 0.0579. The van der Waals surface area contributed by atoms with Crippen LogP contribution in [0.25, 0.3) is 10.8 Å². The molecule has 21 heavy (non-hydrogen) atoms. The monoisotopic (exact) mass is 280 g/mol. The Hall–Kier alpha value is -2.19. The van der Waals surface area contributed by atoms with E-state index < -0.39 is 5.60 Å². The smallest absolute Gasteiger partial charge is 0.123 e. The van der Waals surface area contributed by atoms with Crippen LogP contribution in [0.1, 0.15) is 18.1 Å². The van der Waals surface area contributed by atoms with E-state index in [0.29, 0.717) is 6.42 Å². The van der Waals surface area contributed by atoms with E-state index >= 15 is 0 Å². The summed E-state index contributed by atoms with van der Waals surface area (Å²) in [6.45, 7) is 1.77. The van der Waals surface area contributed by atoms with Crippen LogP contribution in [-0.2, 0) is 12.0 Å². The van der Waals surface area contributed by atoms with E-state index in [4.69, 9.17) is 0 Å². The fourth-order valence-electron chi connectivity index (χ4n) is 2.73. The van der Waals surface area contributed by atoms with Crippen molar-refractivity contribution in [2.24, 2.45) is 0 Å². The summed E-state index contributed by atoms with van der Waals surface area (Å²) in [4.78, 5) is 0. The van der Waals surface area contributed by atoms with Crippen molar-refractivity contribution in [3.63, 3.8) is 0 Å². The molecule has 1 nitrogen and oxygen atoms in total. The van der Waals surface area contributed by atoms with E-state index in [1.165, 1.54) is 12.1 Å². The summed E-state index contributed by atoms with van der Waals surface area (Å²) < 4.78 is 13.0. The second-order valence-corrected chi connectivity index (χ2v) is 5.60. The topological polar surface area (TPSA) is 20.2 Å². The van der Waals surface area contributed by atoms with Gasteiger partial charge in [0, 0.05) is 6.42 Å². The molecule has 1 N–H and O–H groups in total. The molecule has 106 valence electrons. The lowest BCUT2D eigenvalue weighted by Gasteiger charge is -2.24. The van der Waals surface area contributed by atoms with Crippen LogP contribution in [0.4, 0.5) is 4.39 Å². The normalized spacial score (nSPS) is 14.0. The number of halogens is 1. The first-order chi connectivity index (χ1) is 10.1. The molecule has 0 bridgehead atoms. The maximum atomic E-state index is 13.0. The number of hydrogen-bond donors (Lipinski definition) is 1. The van der Waals surface area contributed by atoms with Gasteiger partial charge in [-0.1, -0.05) is 54.6 Å². The maximum Gasteiger partial charge on any atom is 0.123 e. The molecule has 2 heteroatoms. The largest absolute Gasteiger partial charge is 0.385 e. The summed E-state index contributed by atoms with van der Waals surface area (Å²) in [5.74, 6) is -0.292. The Morgan fingerprint density at radius 3 is 2.33 bits per heavy atom. The first kappa shape index (κ1) is 13.8. The third-order valence-corrected chi connectivity index (χ3v) is 3.88. The van der Waals surface area contributed by atoms with Crippen molar-refractivity contribution in [1.82, 2.24) is 0 Å². The highest BCUT2D eigenvalue weighted by molar-refractivity contribution is 5.85. The number of benzene rings is 3. The minimum absolute atomic E-state index is 0.292. The highest BCUT2D eigenvalue weighted by atomic mass is 19.1. The molecular weight excluding hydrogens is 263 g/mol. The Balaban J connectivity index is 1.99. The molecule has 0 aliphatic heterocycles. The molecule has 3 rings (SSSR count). The van der Waals surface area contributed by atoms with Gasteiger partial charge in [0.05, 0.1) is 5.60 Å². The van der Waals surface area contributed by atoms with Crippen LogP contribution in [0.15, 0.2) is 66.7 Å². The van der Waals surface area contributed by atoms with Gasteiger partial charge < -0.3 is 5.11 Å². The molecule has 0 amide bonds. The standard InChI is InChI=1S/C19H17FO/c1-19(21,16-9-11-17(20)12-10-16)13-15-7-4-6-14-5-2-3-8-18(14)15/h2-12,21H,13H2,1H3. The van der Waals surface area contributed by atoms with Crippen LogP contribution >= 0.6 is 0 Å². The summed E-state index contributed by atoms with van der Waals surface area (Å²) in [6.07, 6.45) is 0.486. The second kappa shape index (κ2) is 5.30. The van der Waals surface area contributed by atoms with Gasteiger partial charge in [-0.25, -0.2) is 4.39 Å². The predicted molar refractivity (Wildman–Crippen MR) is 83.6 cm³/mol. The van der Waals surface area contributed by atoms with Gasteiger partial charge in [-0.3, -0.25) is 0 Å². The zero-order chi connectivity index (χ0) is 14.9. The van der Waals surface area contributed by atoms with E-state index in [2.05, 4.69) is 18.2 Å². The van der Waals surface area contributed by atoms with Gasteiger partial charge in [0.15, 0.2) is 0 Å². The number of hydrogen-bond acceptors (Lipinski definition) is 1. The van der Waals surface area contributed by atoms with E-state index in [1.807, 2.05) is 24.3 Å². The van der Waals surface area contributed by atoms with Crippen LogP contribution in [0.3, 0.4) is 0 Å². The quantitative estimate of drug-likeness (QED) is 0.752. The number of aliphatic hydroxyl groups is 1. The molecule has 0 aromatic heterocycles. The Morgan fingerprint density at radius 1 is 0.905 bits per heavy atom. The van der Waals surface area contributed by atoms with E-state index in [-0.39, 0.29) is 5.82 Å². The van der Waals surface area contributed by atoms with E-state index in [0.717, 1.165) is 21.9 Å². The Labute approximate surface area is 123 Å². The van der Waals surface area contributed by atoms with Crippen molar-refractivity contribution < 1.29 is 9.50 Å². The summed E-state index contributed by atoms with van der Waals surface area (Å²) in [5.41, 5.74) is 0.775. The van der Waals surface area contributed by atoms with Gasteiger partial charge in [0.2, 0.25) is 0 Å². The number of fused-ring (bicyclic) bond motifs is 1. The fourth-order valence-corrected chi connectivity index (χ4v) is 2.73. The Morgan fingerprint density at radius 2 is 1.57 bits per heavy atom. The minimum Gasteiger partial charge on any atom is -0.385 e. The lowest BCUT2D eigenvalue weighted by atomic mass is 9.87. The first-order valence-electron chi connectivity index (χ1n) is 7.01. The van der Waals surface area contributed by atoms with E-state index in [9.17, 15) is 9.50 Å². The molecule has 0 spiro atoms. The van der Waals surface area contributed by atoms with Gasteiger partial charge in [-0.15, -0.1) is 0 Å². The predicted octanol–water partition coefficient (Wildman–Crippen LogP) is 4.43. The van der Waals surface area contributed by atoms with Crippen molar-refractivity contribution in [2.45, 2.75) is 18.9 Å². The molecular formula is C19H17FO. The van der Waals surface area contributed by atoms with Crippen molar-refractivity contribution in [1.29, 1.82) is 0 Å². The van der Waals surface area contributed by atoms with E-state index in [1.54, 1.807) is 19.1 Å². The third-order valence-electron chi connectivity index (χ3n) is 3.88. The van der Waals surface area contributed by atoms with Crippen molar-refractivity contribution in [3.8, 4) is 0 Å². The molecule has 0 radical (unpaired) electrons. The highest BCUT2D eigenvalue weighted by Crippen LogP contribution is 2.29. The maximum absolute atomic E-state index is 13.0. The molecule has 1 unspecified atom stereocenters. The van der Waals surface area contributed by atoms with Gasteiger partial charge in [0.1, 0.15) is 5.82 Å². The molecule has 0 fully saturated rings. The molecule has 1 atom stereocenters. The number of rotatable bonds is 3. The zero-order valence-electron chi connectivity index (χ0n) is 11.9. The molecule has 3 aromatic carbocycles. The minimum atomic E-state index is -1.03. The van der Waals surface area contributed by atoms with Crippen molar-refractivity contribution in [3.05, 3.63) is 83.7 Å². The average Bonchev–Trinajstić information content (AvgIpc) is 2.48. The SMILES string of the molecule is CC(O)(Cc1cccc2ccccc12)c1ccc(F)cc1. The highest BCUT2D eigenvalue weighted by Gasteiger charge is 2.24. The molecule has 0 heterocycles. The summed E-state index contributed by atoms with van der Waals surface area (Å²) in [5, 5.41) is 13.1. The van der Waals surface area contributed by atoms with Gasteiger partial charge >= 0.3 is 0 Å². The van der Waals surface area contributed by atoms with Crippen LogP contribution < -0.4 is 0 Å². The second-order valence-electron chi connectivity index (χ2n) is 5.60. The first-order valence-corrected chi connectivity index (χ1v) is 7.01. The van der Waals surface area contributed by atoms with Crippen LogP contribution in [-0.4, -0.2) is 5.11 Å². The van der Waals surface area contributed by atoms with Crippen LogP contribution in [0.5, 0.6) is 0 Å². The van der Waals surface area contributed by atoms with Crippen molar-refractivity contribution >= 4 is 10.8 Å². The van der Waals surface area contributed by atoms with Gasteiger partial charge in [0.25, 0.3) is 0 Å². The summed E-state index contributed by atoms with van der Waals surface area (Å²) >= 11 is 0.